The second kappa shape index (κ2) is 11.6. The van der Waals surface area contributed by atoms with Gasteiger partial charge in [-0.25, -0.2) is 14.4 Å². The Balaban J connectivity index is 1.61. The molecule has 0 saturated heterocycles. The first-order chi connectivity index (χ1) is 18.9. The molecule has 2 unspecified atom stereocenters. The van der Waals surface area contributed by atoms with Gasteiger partial charge in [-0.1, -0.05) is 62.2 Å². The topological polar surface area (TPSA) is 78.9 Å². The molecule has 4 rings (SSSR count). The summed E-state index contributed by atoms with van der Waals surface area (Å²) in [5, 5.41) is 0. The van der Waals surface area contributed by atoms with Crippen LogP contribution in [0.4, 0.5) is 0 Å². The van der Waals surface area contributed by atoms with E-state index in [0.29, 0.717) is 17.7 Å². The summed E-state index contributed by atoms with van der Waals surface area (Å²) in [5.41, 5.74) is 7.65. The van der Waals surface area contributed by atoms with Crippen LogP contribution in [0.2, 0.25) is 0 Å². The van der Waals surface area contributed by atoms with Crippen LogP contribution in [0.25, 0.3) is 22.3 Å². The van der Waals surface area contributed by atoms with E-state index in [2.05, 4.69) is 25.8 Å². The zero-order chi connectivity index (χ0) is 29.1. The van der Waals surface area contributed by atoms with Gasteiger partial charge in [0.2, 0.25) is 0 Å². The molecule has 0 fully saturated rings. The highest BCUT2D eigenvalue weighted by Gasteiger charge is 2.38. The summed E-state index contributed by atoms with van der Waals surface area (Å²) in [5.74, 6) is -1.07. The molecule has 3 aromatic carbocycles. The number of carbonyl (C=O) groups is 3. The van der Waals surface area contributed by atoms with Gasteiger partial charge in [0.15, 0.2) is 6.10 Å². The maximum Gasteiger partial charge on any atom is 0.338 e. The standard InChI is InChI=1S/C34H32O6/c1-19(2)32(35)38-27-13-10-23(11-14-27)24-12-15-28(22(7)16-24)25-8-9-26-18-30(39-33(36)20(3)4)31(29(26)17-25)40-34(37)21(5)6/h8-17,30-31H,1,3,5,18H2,2,4,6-7H3. The van der Waals surface area contributed by atoms with Gasteiger partial charge in [-0.3, -0.25) is 0 Å². The number of rotatable bonds is 8. The van der Waals surface area contributed by atoms with E-state index in [1.54, 1.807) is 32.9 Å². The molecule has 3 aromatic rings. The number of aryl methyl sites for hydroxylation is 1. The monoisotopic (exact) mass is 536 g/mol. The van der Waals surface area contributed by atoms with Crippen LogP contribution in [-0.2, 0) is 30.3 Å². The van der Waals surface area contributed by atoms with Gasteiger partial charge in [-0.15, -0.1) is 0 Å². The number of benzene rings is 3. The quantitative estimate of drug-likeness (QED) is 0.175. The summed E-state index contributed by atoms with van der Waals surface area (Å²) in [6.45, 7) is 17.7. The van der Waals surface area contributed by atoms with Crippen LogP contribution < -0.4 is 4.74 Å². The number of esters is 3. The zero-order valence-electron chi connectivity index (χ0n) is 23.2. The Morgan fingerprint density at radius 1 is 0.700 bits per heavy atom. The van der Waals surface area contributed by atoms with Crippen LogP contribution in [0.5, 0.6) is 5.75 Å². The van der Waals surface area contributed by atoms with E-state index in [1.165, 1.54) is 0 Å². The molecule has 0 amide bonds. The van der Waals surface area contributed by atoms with E-state index < -0.39 is 30.1 Å². The minimum absolute atomic E-state index is 0.267. The summed E-state index contributed by atoms with van der Waals surface area (Å²) in [6, 6.07) is 19.5. The first-order valence-corrected chi connectivity index (χ1v) is 12.9. The van der Waals surface area contributed by atoms with Crippen LogP contribution in [0.15, 0.2) is 97.1 Å². The van der Waals surface area contributed by atoms with E-state index in [-0.39, 0.29) is 11.1 Å². The predicted molar refractivity (Wildman–Crippen MR) is 155 cm³/mol. The molecule has 40 heavy (non-hydrogen) atoms. The second-order valence-electron chi connectivity index (χ2n) is 10.2. The van der Waals surface area contributed by atoms with Gasteiger partial charge in [-0.2, -0.15) is 0 Å². The third-order valence-electron chi connectivity index (χ3n) is 6.68. The summed E-state index contributed by atoms with van der Waals surface area (Å²) >= 11 is 0. The number of ether oxygens (including phenoxy) is 3. The fourth-order valence-electron chi connectivity index (χ4n) is 4.51. The molecule has 0 aromatic heterocycles. The fraction of sp³-hybridized carbons (Fsp3) is 0.206. The lowest BCUT2D eigenvalue weighted by Gasteiger charge is -2.22. The highest BCUT2D eigenvalue weighted by Crippen LogP contribution is 2.40. The van der Waals surface area contributed by atoms with Crippen molar-refractivity contribution in [3.63, 3.8) is 0 Å². The summed E-state index contributed by atoms with van der Waals surface area (Å²) in [4.78, 5) is 36.5. The lowest BCUT2D eigenvalue weighted by atomic mass is 9.94. The maximum atomic E-state index is 12.5. The van der Waals surface area contributed by atoms with E-state index in [0.717, 1.165) is 38.9 Å². The number of fused-ring (bicyclic) bond motifs is 1. The molecular formula is C34H32O6. The van der Waals surface area contributed by atoms with Gasteiger partial charge in [0.1, 0.15) is 11.9 Å². The molecule has 0 bridgehead atoms. The highest BCUT2D eigenvalue weighted by atomic mass is 16.6. The molecule has 6 heteroatoms. The first kappa shape index (κ1) is 28.3. The third-order valence-corrected chi connectivity index (χ3v) is 6.68. The van der Waals surface area contributed by atoms with Gasteiger partial charge >= 0.3 is 17.9 Å². The number of carbonyl (C=O) groups excluding carboxylic acids is 3. The van der Waals surface area contributed by atoms with E-state index >= 15 is 0 Å². The SMILES string of the molecule is C=C(C)C(=O)Oc1ccc(-c2ccc(-c3ccc4c(c3)C(OC(=O)C(=C)C)C(OC(=O)C(=C)C)C4)c(C)c2)cc1. The van der Waals surface area contributed by atoms with Crippen molar-refractivity contribution in [1.29, 1.82) is 0 Å². The van der Waals surface area contributed by atoms with Crippen LogP contribution in [0, 0.1) is 6.92 Å². The lowest BCUT2D eigenvalue weighted by molar-refractivity contribution is -0.161. The van der Waals surface area contributed by atoms with E-state index in [4.69, 9.17) is 14.2 Å². The molecule has 0 aliphatic heterocycles. The summed E-state index contributed by atoms with van der Waals surface area (Å²) in [7, 11) is 0. The normalized spacial score (nSPS) is 15.5. The van der Waals surface area contributed by atoms with Gasteiger partial charge in [0.25, 0.3) is 0 Å². The Hall–Kier alpha value is -4.71. The molecule has 2 atom stereocenters. The minimum atomic E-state index is -0.750. The van der Waals surface area contributed by atoms with Crippen LogP contribution in [0.3, 0.4) is 0 Å². The average molecular weight is 537 g/mol. The van der Waals surface area contributed by atoms with Crippen molar-refractivity contribution in [2.24, 2.45) is 0 Å². The number of hydrogen-bond donors (Lipinski definition) is 0. The largest absolute Gasteiger partial charge is 0.454 e. The van der Waals surface area contributed by atoms with E-state index in [9.17, 15) is 14.4 Å². The van der Waals surface area contributed by atoms with Crippen LogP contribution in [-0.4, -0.2) is 24.0 Å². The van der Waals surface area contributed by atoms with Crippen molar-refractivity contribution in [2.75, 3.05) is 0 Å². The zero-order valence-corrected chi connectivity index (χ0v) is 23.2. The smallest absolute Gasteiger partial charge is 0.338 e. The first-order valence-electron chi connectivity index (χ1n) is 12.9. The van der Waals surface area contributed by atoms with Gasteiger partial charge in [0, 0.05) is 28.7 Å². The lowest BCUT2D eigenvalue weighted by Crippen LogP contribution is -2.26. The maximum absolute atomic E-state index is 12.5. The van der Waals surface area contributed by atoms with E-state index in [1.807, 2.05) is 49.4 Å². The van der Waals surface area contributed by atoms with Crippen LogP contribution >= 0.6 is 0 Å². The van der Waals surface area contributed by atoms with Crippen LogP contribution in [0.1, 0.15) is 43.6 Å². The predicted octanol–water partition coefficient (Wildman–Crippen LogP) is 7.01. The molecule has 0 heterocycles. The molecule has 0 spiro atoms. The highest BCUT2D eigenvalue weighted by molar-refractivity contribution is 5.89. The summed E-state index contributed by atoms with van der Waals surface area (Å²) in [6.07, 6.45) is -0.975. The van der Waals surface area contributed by atoms with Crippen molar-refractivity contribution in [3.05, 3.63) is 114 Å². The Kier molecular flexibility index (Phi) is 8.19. The Bertz CT molecular complexity index is 1540. The molecule has 0 radical (unpaired) electrons. The molecule has 0 N–H and O–H groups in total. The third kappa shape index (κ3) is 6.12. The molecule has 204 valence electrons. The molecule has 1 aliphatic rings. The molecule has 1 aliphatic carbocycles. The van der Waals surface area contributed by atoms with Crippen molar-refractivity contribution in [3.8, 4) is 28.0 Å². The van der Waals surface area contributed by atoms with Crippen molar-refractivity contribution in [1.82, 2.24) is 0 Å². The second-order valence-corrected chi connectivity index (χ2v) is 10.2. The fourth-order valence-corrected chi connectivity index (χ4v) is 4.51. The van der Waals surface area contributed by atoms with Gasteiger partial charge in [0.05, 0.1) is 0 Å². The molecule has 6 nitrogen and oxygen atoms in total. The Labute approximate surface area is 234 Å². The van der Waals surface area contributed by atoms with Crippen molar-refractivity contribution in [2.45, 2.75) is 46.3 Å². The minimum Gasteiger partial charge on any atom is -0.454 e. The Morgan fingerprint density at radius 2 is 1.27 bits per heavy atom. The summed E-state index contributed by atoms with van der Waals surface area (Å²) < 4.78 is 16.7. The van der Waals surface area contributed by atoms with Crippen molar-refractivity contribution < 1.29 is 28.6 Å². The van der Waals surface area contributed by atoms with Gasteiger partial charge in [-0.05, 0) is 79.3 Å². The molecular weight excluding hydrogens is 504 g/mol. The van der Waals surface area contributed by atoms with Gasteiger partial charge < -0.3 is 14.2 Å². The Morgan fingerprint density at radius 3 is 1.88 bits per heavy atom. The average Bonchev–Trinajstić information content (AvgIpc) is 3.24. The number of hydrogen-bond acceptors (Lipinski definition) is 6. The molecule has 0 saturated carbocycles. The van der Waals surface area contributed by atoms with Crippen molar-refractivity contribution >= 4 is 17.9 Å².